The number of hydrogen-bond donors (Lipinski definition) is 2. The first-order valence-electron chi connectivity index (χ1n) is 23.5. The number of benzene rings is 6. The summed E-state index contributed by atoms with van der Waals surface area (Å²) in [7, 11) is 1.95. The molecular formula is C57H51N5O10. The van der Waals surface area contributed by atoms with E-state index in [0.717, 1.165) is 16.0 Å². The lowest BCUT2D eigenvalue weighted by molar-refractivity contribution is -0.384. The lowest BCUT2D eigenvalue weighted by Crippen LogP contribution is -2.55. The summed E-state index contributed by atoms with van der Waals surface area (Å²) in [5.41, 5.74) is 2.02. The Hall–Kier alpha value is -8.42. The van der Waals surface area contributed by atoms with E-state index in [1.165, 1.54) is 30.3 Å². The van der Waals surface area contributed by atoms with Gasteiger partial charge < -0.3 is 24.6 Å². The Balaban J connectivity index is 1.27. The van der Waals surface area contributed by atoms with Crippen molar-refractivity contribution in [2.75, 3.05) is 38.3 Å². The van der Waals surface area contributed by atoms with Crippen LogP contribution >= 0.6 is 0 Å². The zero-order valence-electron chi connectivity index (χ0n) is 39.3. The molecule has 0 unspecified atom stereocenters. The van der Waals surface area contributed by atoms with Crippen LogP contribution in [0.1, 0.15) is 57.1 Å². The van der Waals surface area contributed by atoms with E-state index in [-0.39, 0.29) is 43.3 Å². The second-order valence-electron chi connectivity index (χ2n) is 17.8. The molecule has 364 valence electrons. The van der Waals surface area contributed by atoms with E-state index >= 15 is 14.4 Å². The number of carbonyl (C=O) groups is 4. The van der Waals surface area contributed by atoms with E-state index in [9.17, 15) is 20.0 Å². The van der Waals surface area contributed by atoms with Gasteiger partial charge in [0.1, 0.15) is 36.5 Å². The Kier molecular flexibility index (Phi) is 14.4. The summed E-state index contributed by atoms with van der Waals surface area (Å²) < 4.78 is 18.2. The molecule has 15 nitrogen and oxygen atoms in total. The summed E-state index contributed by atoms with van der Waals surface area (Å²) in [6.07, 6.45) is -0.529. The van der Waals surface area contributed by atoms with Gasteiger partial charge in [-0.05, 0) is 82.9 Å². The zero-order chi connectivity index (χ0) is 50.4. The molecule has 1 spiro atoms. The van der Waals surface area contributed by atoms with Crippen molar-refractivity contribution in [1.29, 1.82) is 0 Å². The van der Waals surface area contributed by atoms with Gasteiger partial charge in [0.25, 0.3) is 5.69 Å². The molecule has 6 atom stereocenters. The number of nitro groups is 1. The van der Waals surface area contributed by atoms with Crippen LogP contribution in [0.15, 0.2) is 170 Å². The van der Waals surface area contributed by atoms with Crippen molar-refractivity contribution in [2.24, 2.45) is 5.92 Å². The third kappa shape index (κ3) is 9.34. The predicted molar refractivity (Wildman–Crippen MR) is 267 cm³/mol. The second-order valence-corrected chi connectivity index (χ2v) is 17.8. The van der Waals surface area contributed by atoms with Crippen LogP contribution in [0.5, 0.6) is 5.75 Å². The van der Waals surface area contributed by atoms with Crippen molar-refractivity contribution in [3.05, 3.63) is 219 Å². The van der Waals surface area contributed by atoms with Crippen molar-refractivity contribution in [1.82, 2.24) is 15.1 Å². The first-order chi connectivity index (χ1) is 35.0. The smallest absolute Gasteiger partial charge is 0.421 e. The maximum Gasteiger partial charge on any atom is 0.421 e. The maximum atomic E-state index is 16.4. The molecular weight excluding hydrogens is 915 g/mol. The van der Waals surface area contributed by atoms with Crippen LogP contribution in [-0.4, -0.2) is 83.1 Å². The topological polar surface area (TPSA) is 181 Å². The molecule has 6 aromatic carbocycles. The summed E-state index contributed by atoms with van der Waals surface area (Å²) >= 11 is 0. The Morgan fingerprint density at radius 1 is 0.861 bits per heavy atom. The van der Waals surface area contributed by atoms with Crippen molar-refractivity contribution in [2.45, 2.75) is 42.8 Å². The standard InChI is InChI=1S/C57H51N5O10/c1-3-31-58-53(64)48-50-54(65)72-51(42-19-11-6-12-20-42)49(41-17-9-5-10-18-41)61(50)52(43-24-28-45(29-25-43)70-34-33-63)57(48)46-35-38(16-13-32-59(2)36-39-14-7-4-8-15-39)23-30-47(46)60(55(57)66)56(67)71-37-40-21-26-44(27-22-40)62(68)69/h3-12,14-15,17-30,35,48-52,63H,1,31-34,36-37H2,2H3,(H,58,64)/t48-,49-,50-,51+,52+,57-/m0/s1. The van der Waals surface area contributed by atoms with Crippen molar-refractivity contribution in [3.63, 3.8) is 0 Å². The van der Waals surface area contributed by atoms with Crippen LogP contribution in [0.2, 0.25) is 0 Å². The molecule has 3 amide bonds. The van der Waals surface area contributed by atoms with Crippen LogP contribution in [0.4, 0.5) is 16.2 Å². The molecule has 2 saturated heterocycles. The molecule has 3 aliphatic heterocycles. The molecule has 0 aliphatic carbocycles. The normalized spacial score (nSPS) is 21.0. The number of nitrogens with zero attached hydrogens (tertiary/aromatic N) is 4. The van der Waals surface area contributed by atoms with E-state index in [2.05, 4.69) is 28.6 Å². The van der Waals surface area contributed by atoms with E-state index in [0.29, 0.717) is 41.1 Å². The summed E-state index contributed by atoms with van der Waals surface area (Å²) in [5.74, 6) is 3.13. The number of hydrogen-bond acceptors (Lipinski definition) is 12. The molecule has 2 N–H and O–H groups in total. The number of nitro benzene ring substituents is 1. The molecule has 0 bridgehead atoms. The fourth-order valence-electron chi connectivity index (χ4n) is 10.3. The van der Waals surface area contributed by atoms with Gasteiger partial charge in [-0.1, -0.05) is 121 Å². The average Bonchev–Trinajstić information content (AvgIpc) is 3.86. The molecule has 6 aromatic rings. The van der Waals surface area contributed by atoms with Crippen LogP contribution < -0.4 is 15.0 Å². The maximum absolute atomic E-state index is 16.4. The highest BCUT2D eigenvalue weighted by Crippen LogP contribution is 2.66. The number of esters is 1. The van der Waals surface area contributed by atoms with Gasteiger partial charge >= 0.3 is 12.1 Å². The SMILES string of the molecule is C=CCNC(=O)[C@@H]1[C@H]2C(=O)O[C@H](c3ccccc3)[C@H](c3ccccc3)N2[C@H](c2ccc(OCCO)cc2)[C@@]12C(=O)N(C(=O)OCc1ccc([N+](=O)[O-])cc1)c1ccc(C#CCN(C)Cc3ccccc3)cc12. The summed E-state index contributed by atoms with van der Waals surface area (Å²) in [6, 6.07) is 42.6. The van der Waals surface area contributed by atoms with Crippen LogP contribution in [0.3, 0.4) is 0 Å². The first-order valence-corrected chi connectivity index (χ1v) is 23.5. The number of ether oxygens (including phenoxy) is 3. The van der Waals surface area contributed by atoms with Gasteiger partial charge in [-0.15, -0.1) is 6.58 Å². The highest BCUT2D eigenvalue weighted by molar-refractivity contribution is 6.23. The summed E-state index contributed by atoms with van der Waals surface area (Å²) in [6.45, 7) is 4.23. The number of rotatable bonds is 15. The van der Waals surface area contributed by atoms with E-state index in [1.807, 2.05) is 103 Å². The number of cyclic esters (lactones) is 1. The number of non-ortho nitro benzene ring substituents is 1. The fourth-order valence-corrected chi connectivity index (χ4v) is 10.3. The quantitative estimate of drug-likeness (QED) is 0.0336. The Morgan fingerprint density at radius 2 is 1.53 bits per heavy atom. The number of aliphatic hydroxyl groups is 1. The number of aliphatic hydroxyl groups excluding tert-OH is 1. The predicted octanol–water partition coefficient (Wildman–Crippen LogP) is 7.75. The minimum atomic E-state index is -2.08. The molecule has 72 heavy (non-hydrogen) atoms. The van der Waals surface area contributed by atoms with E-state index in [4.69, 9.17) is 14.2 Å². The fraction of sp³-hybridized carbons (Fsp3) is 0.228. The number of fused-ring (bicyclic) bond motifs is 3. The highest BCUT2D eigenvalue weighted by Gasteiger charge is 2.75. The van der Waals surface area contributed by atoms with E-state index < -0.39 is 64.4 Å². The van der Waals surface area contributed by atoms with Crippen LogP contribution in [0, 0.1) is 27.9 Å². The number of imide groups is 1. The molecule has 0 aromatic heterocycles. The number of carbonyl (C=O) groups excluding carboxylic acids is 4. The lowest BCUT2D eigenvalue weighted by atomic mass is 9.65. The van der Waals surface area contributed by atoms with Crippen LogP contribution in [-0.2, 0) is 42.4 Å². The van der Waals surface area contributed by atoms with Crippen LogP contribution in [0.25, 0.3) is 0 Å². The molecule has 3 aliphatic rings. The van der Waals surface area contributed by atoms with Gasteiger partial charge in [0.05, 0.1) is 41.8 Å². The third-order valence-corrected chi connectivity index (χ3v) is 13.3. The number of morpholine rings is 1. The molecule has 9 rings (SSSR count). The van der Waals surface area contributed by atoms with Gasteiger partial charge in [-0.25, -0.2) is 9.69 Å². The lowest BCUT2D eigenvalue weighted by Gasteiger charge is -2.46. The number of anilines is 1. The molecule has 2 fully saturated rings. The van der Waals surface area contributed by atoms with E-state index in [1.54, 1.807) is 42.5 Å². The largest absolute Gasteiger partial charge is 0.491 e. The first kappa shape index (κ1) is 48.6. The zero-order valence-corrected chi connectivity index (χ0v) is 39.3. The Labute approximate surface area is 416 Å². The van der Waals surface area contributed by atoms with Crippen molar-refractivity contribution in [3.8, 4) is 17.6 Å². The molecule has 3 heterocycles. The number of nitrogens with one attached hydrogen (secondary N) is 1. The Morgan fingerprint density at radius 3 is 2.18 bits per heavy atom. The third-order valence-electron chi connectivity index (χ3n) is 13.3. The average molecular weight is 966 g/mol. The molecule has 0 saturated carbocycles. The summed E-state index contributed by atoms with van der Waals surface area (Å²) in [4.78, 5) is 77.7. The minimum absolute atomic E-state index is 0.0157. The van der Waals surface area contributed by atoms with Gasteiger partial charge in [0.2, 0.25) is 11.8 Å². The Bertz CT molecular complexity index is 3040. The minimum Gasteiger partial charge on any atom is -0.491 e. The van der Waals surface area contributed by atoms with Gasteiger partial charge in [0, 0.05) is 30.8 Å². The monoisotopic (exact) mass is 965 g/mol. The van der Waals surface area contributed by atoms with Gasteiger partial charge in [0.15, 0.2) is 0 Å². The molecule has 0 radical (unpaired) electrons. The number of amides is 3. The summed E-state index contributed by atoms with van der Waals surface area (Å²) in [5, 5.41) is 23.9. The molecule has 15 heteroatoms. The van der Waals surface area contributed by atoms with Crippen molar-refractivity contribution >= 4 is 35.3 Å². The van der Waals surface area contributed by atoms with Gasteiger partial charge in [-0.3, -0.25) is 34.3 Å². The van der Waals surface area contributed by atoms with Crippen molar-refractivity contribution < 1.29 is 43.4 Å². The van der Waals surface area contributed by atoms with Gasteiger partial charge in [-0.2, -0.15) is 0 Å². The highest BCUT2D eigenvalue weighted by atomic mass is 16.6. The second kappa shape index (κ2) is 21.3.